The van der Waals surface area contributed by atoms with Crippen molar-refractivity contribution in [2.75, 3.05) is 26.7 Å². The third-order valence-corrected chi connectivity index (χ3v) is 8.03. The van der Waals surface area contributed by atoms with Gasteiger partial charge in [0.2, 0.25) is 5.88 Å². The summed E-state index contributed by atoms with van der Waals surface area (Å²) in [5.74, 6) is -3.08. The Bertz CT molecular complexity index is 1480. The Morgan fingerprint density at radius 1 is 1.11 bits per heavy atom. The number of methoxy groups -OCH3 is 1. The molecule has 2 aliphatic heterocycles. The predicted molar refractivity (Wildman–Crippen MR) is 132 cm³/mol. The number of aliphatic hydroxyl groups is 1. The van der Waals surface area contributed by atoms with Crippen molar-refractivity contribution < 1.29 is 23.4 Å². The van der Waals surface area contributed by atoms with E-state index in [2.05, 4.69) is 11.1 Å². The second-order valence-electron chi connectivity index (χ2n) is 10.3. The Morgan fingerprint density at radius 2 is 1.82 bits per heavy atom. The molecule has 192 valence electrons. The summed E-state index contributed by atoms with van der Waals surface area (Å²) in [6, 6.07) is 22.0. The van der Waals surface area contributed by atoms with Crippen LogP contribution >= 0.6 is 0 Å². The van der Waals surface area contributed by atoms with Gasteiger partial charge in [0, 0.05) is 18.5 Å². The third kappa shape index (κ3) is 3.39. The molecule has 3 aromatic rings. The number of aromatic nitrogens is 1. The lowest BCUT2D eigenvalue weighted by molar-refractivity contribution is -0.135. The minimum Gasteiger partial charge on any atom is -0.481 e. The monoisotopic (exact) mass is 514 g/mol. The molecule has 6 rings (SSSR count). The SMILES string of the molecule is COc1nc(C#N)cc2c1C1(O)C[C@H](CN3CC(F)(F)C3)C(c3ccccc3)C1(c1ccc(C#N)cc1)O2. The number of ether oxygens (including phenoxy) is 2. The minimum absolute atomic E-state index is 0.0785. The van der Waals surface area contributed by atoms with Gasteiger partial charge in [0.1, 0.15) is 23.1 Å². The van der Waals surface area contributed by atoms with Crippen molar-refractivity contribution >= 4 is 0 Å². The van der Waals surface area contributed by atoms with Gasteiger partial charge in [-0.05, 0) is 35.6 Å². The van der Waals surface area contributed by atoms with Crippen LogP contribution in [0.2, 0.25) is 0 Å². The van der Waals surface area contributed by atoms with Crippen molar-refractivity contribution in [3.05, 3.63) is 88.6 Å². The van der Waals surface area contributed by atoms with E-state index in [1.807, 2.05) is 36.4 Å². The maximum atomic E-state index is 13.8. The zero-order chi connectivity index (χ0) is 26.7. The van der Waals surface area contributed by atoms with Gasteiger partial charge in [-0.3, -0.25) is 4.90 Å². The molecule has 0 spiro atoms. The van der Waals surface area contributed by atoms with Crippen molar-refractivity contribution in [3.63, 3.8) is 0 Å². The van der Waals surface area contributed by atoms with E-state index in [0.29, 0.717) is 23.2 Å². The van der Waals surface area contributed by atoms with Gasteiger partial charge in [-0.1, -0.05) is 42.5 Å². The van der Waals surface area contributed by atoms with Crippen LogP contribution in [-0.4, -0.2) is 47.7 Å². The molecule has 2 aromatic carbocycles. The molecule has 0 amide bonds. The number of rotatable bonds is 5. The highest BCUT2D eigenvalue weighted by atomic mass is 19.3. The number of halogens is 2. The standard InChI is InChI=1S/C29H24F2N4O3/c1-37-26-25-23(11-22(14-33)34-26)38-29(21-9-7-18(13-32)8-10-21)24(19-5-3-2-4-6-19)20(12-28(25,29)36)15-35-16-27(30,31)17-35/h2-11,20,24,36H,12,15-17H2,1H3/t20-,24?,28?,29?/m1/s1. The predicted octanol–water partition coefficient (Wildman–Crippen LogP) is 4.06. The van der Waals surface area contributed by atoms with Crippen molar-refractivity contribution in [1.29, 1.82) is 10.5 Å². The summed E-state index contributed by atoms with van der Waals surface area (Å²) in [4.78, 5) is 5.99. The molecule has 0 radical (unpaired) electrons. The van der Waals surface area contributed by atoms with Crippen LogP contribution in [0.25, 0.3) is 0 Å². The molecule has 0 bridgehead atoms. The molecule has 2 fully saturated rings. The number of benzene rings is 2. The van der Waals surface area contributed by atoms with E-state index in [9.17, 15) is 24.4 Å². The number of likely N-dealkylation sites (tertiary alicyclic amines) is 1. The molecule has 38 heavy (non-hydrogen) atoms. The van der Waals surface area contributed by atoms with Crippen LogP contribution in [0.1, 0.15) is 40.3 Å². The van der Waals surface area contributed by atoms with Crippen LogP contribution in [-0.2, 0) is 11.2 Å². The van der Waals surface area contributed by atoms with Gasteiger partial charge in [0.25, 0.3) is 5.92 Å². The Hall–Kier alpha value is -4.05. The average molecular weight is 515 g/mol. The smallest absolute Gasteiger partial charge is 0.272 e. The fraction of sp³-hybridized carbons (Fsp3) is 0.345. The first kappa shape index (κ1) is 24.3. The van der Waals surface area contributed by atoms with E-state index in [-0.39, 0.29) is 42.8 Å². The van der Waals surface area contributed by atoms with Crippen LogP contribution < -0.4 is 9.47 Å². The highest BCUT2D eigenvalue weighted by Gasteiger charge is 2.72. The second-order valence-corrected chi connectivity index (χ2v) is 10.3. The van der Waals surface area contributed by atoms with Crippen molar-refractivity contribution in [1.82, 2.24) is 9.88 Å². The van der Waals surface area contributed by atoms with Crippen LogP contribution in [0.15, 0.2) is 60.7 Å². The number of nitriles is 2. The summed E-state index contributed by atoms with van der Waals surface area (Å²) in [5.41, 5.74) is -0.696. The first-order valence-corrected chi connectivity index (χ1v) is 12.3. The Balaban J connectivity index is 1.59. The van der Waals surface area contributed by atoms with E-state index in [4.69, 9.17) is 9.47 Å². The van der Waals surface area contributed by atoms with E-state index < -0.39 is 23.0 Å². The van der Waals surface area contributed by atoms with Gasteiger partial charge in [-0.25, -0.2) is 13.8 Å². The molecule has 3 heterocycles. The largest absolute Gasteiger partial charge is 0.481 e. The van der Waals surface area contributed by atoms with Crippen LogP contribution in [0.3, 0.4) is 0 Å². The maximum absolute atomic E-state index is 13.8. The van der Waals surface area contributed by atoms with Crippen LogP contribution in [0, 0.1) is 28.6 Å². The summed E-state index contributed by atoms with van der Waals surface area (Å²) in [6.45, 7) is -0.331. The molecule has 1 saturated heterocycles. The Labute approximate surface area is 218 Å². The summed E-state index contributed by atoms with van der Waals surface area (Å²) >= 11 is 0. The Kier molecular flexibility index (Phi) is 5.43. The number of fused-ring (bicyclic) bond motifs is 3. The van der Waals surface area contributed by atoms with Gasteiger partial charge in [0.05, 0.1) is 37.4 Å². The zero-order valence-electron chi connectivity index (χ0n) is 20.6. The van der Waals surface area contributed by atoms with E-state index in [1.54, 1.807) is 29.2 Å². The normalized spacial score (nSPS) is 28.8. The number of alkyl halides is 2. The zero-order valence-corrected chi connectivity index (χ0v) is 20.6. The molecule has 7 nitrogen and oxygen atoms in total. The lowest BCUT2D eigenvalue weighted by atomic mass is 9.71. The third-order valence-electron chi connectivity index (χ3n) is 8.03. The molecular weight excluding hydrogens is 490 g/mol. The highest BCUT2D eigenvalue weighted by molar-refractivity contribution is 5.59. The first-order chi connectivity index (χ1) is 18.2. The van der Waals surface area contributed by atoms with Gasteiger partial charge in [-0.15, -0.1) is 0 Å². The number of hydrogen-bond donors (Lipinski definition) is 1. The number of pyridine rings is 1. The van der Waals surface area contributed by atoms with Crippen molar-refractivity contribution in [2.24, 2.45) is 5.92 Å². The quantitative estimate of drug-likeness (QED) is 0.548. The van der Waals surface area contributed by atoms with Crippen LogP contribution in [0.4, 0.5) is 8.78 Å². The van der Waals surface area contributed by atoms with E-state index in [1.165, 1.54) is 13.2 Å². The maximum Gasteiger partial charge on any atom is 0.272 e. The molecule has 9 heteroatoms. The number of nitrogens with zero attached hydrogens (tertiary/aromatic N) is 4. The summed E-state index contributed by atoms with van der Waals surface area (Å²) in [5, 5.41) is 31.7. The van der Waals surface area contributed by atoms with E-state index >= 15 is 0 Å². The lowest BCUT2D eigenvalue weighted by Crippen LogP contribution is -2.57. The van der Waals surface area contributed by atoms with Gasteiger partial charge < -0.3 is 14.6 Å². The minimum atomic E-state index is -2.72. The topological polar surface area (TPSA) is 102 Å². The molecule has 3 unspecified atom stereocenters. The summed E-state index contributed by atoms with van der Waals surface area (Å²) < 4.78 is 39.9. The van der Waals surface area contributed by atoms with Gasteiger partial charge in [0.15, 0.2) is 5.60 Å². The Morgan fingerprint density at radius 3 is 2.42 bits per heavy atom. The molecule has 4 atom stereocenters. The summed E-state index contributed by atoms with van der Waals surface area (Å²) in [6.07, 6.45) is 0.186. The number of hydrogen-bond acceptors (Lipinski definition) is 7. The van der Waals surface area contributed by atoms with Gasteiger partial charge >= 0.3 is 0 Å². The fourth-order valence-electron chi connectivity index (χ4n) is 6.69. The van der Waals surface area contributed by atoms with E-state index in [0.717, 1.165) is 5.56 Å². The lowest BCUT2D eigenvalue weighted by Gasteiger charge is -2.43. The molecule has 1 saturated carbocycles. The second kappa shape index (κ2) is 8.49. The highest BCUT2D eigenvalue weighted by Crippen LogP contribution is 2.69. The molecular formula is C29H24F2N4O3. The van der Waals surface area contributed by atoms with Gasteiger partial charge in [-0.2, -0.15) is 10.5 Å². The molecule has 1 N–H and O–H groups in total. The van der Waals surface area contributed by atoms with Crippen LogP contribution in [0.5, 0.6) is 11.6 Å². The summed E-state index contributed by atoms with van der Waals surface area (Å²) in [7, 11) is 1.41. The molecule has 1 aliphatic carbocycles. The fourth-order valence-corrected chi connectivity index (χ4v) is 6.69. The first-order valence-electron chi connectivity index (χ1n) is 12.3. The average Bonchev–Trinajstić information content (AvgIpc) is 3.30. The molecule has 3 aliphatic rings. The molecule has 1 aromatic heterocycles. The van der Waals surface area contributed by atoms with Crippen molar-refractivity contribution in [3.8, 4) is 23.8 Å². The van der Waals surface area contributed by atoms with Crippen molar-refractivity contribution in [2.45, 2.75) is 29.5 Å².